The second kappa shape index (κ2) is 6.83. The van der Waals surface area contributed by atoms with Crippen LogP contribution in [0.5, 0.6) is 5.75 Å². The number of rotatable bonds is 6. The Hall–Kier alpha value is -3.35. The molecule has 2 bridgehead atoms. The molecule has 6 rings (SSSR count). The summed E-state index contributed by atoms with van der Waals surface area (Å²) in [6.45, 7) is 1.50. The van der Waals surface area contributed by atoms with E-state index in [0.717, 1.165) is 10.9 Å². The number of amides is 2. The fourth-order valence-electron chi connectivity index (χ4n) is 5.01. The number of halogens is 1. The fraction of sp³-hybridized carbons (Fsp3) is 0.333. The summed E-state index contributed by atoms with van der Waals surface area (Å²) in [6, 6.07) is 14.3. The van der Waals surface area contributed by atoms with Crippen molar-refractivity contribution >= 4 is 22.7 Å². The van der Waals surface area contributed by atoms with E-state index in [1.54, 1.807) is 19.1 Å². The predicted molar refractivity (Wildman–Crippen MR) is 114 cm³/mol. The first-order valence-corrected chi connectivity index (χ1v) is 10.4. The minimum atomic E-state index is -0.360. The summed E-state index contributed by atoms with van der Waals surface area (Å²) >= 11 is 0. The van der Waals surface area contributed by atoms with Gasteiger partial charge in [-0.1, -0.05) is 24.3 Å². The van der Waals surface area contributed by atoms with Crippen LogP contribution in [0.1, 0.15) is 35.3 Å². The minimum absolute atomic E-state index is 0.0944. The predicted octanol–water partition coefficient (Wildman–Crippen LogP) is 3.23. The average molecular weight is 421 g/mol. The van der Waals surface area contributed by atoms with Gasteiger partial charge in [0.25, 0.3) is 11.8 Å². The number of nitrogens with one attached hydrogen (secondary N) is 2. The molecule has 0 aliphatic heterocycles. The molecule has 1 heterocycles. The van der Waals surface area contributed by atoms with Gasteiger partial charge in [-0.05, 0) is 49.9 Å². The van der Waals surface area contributed by atoms with Gasteiger partial charge in [0.05, 0.1) is 0 Å². The highest BCUT2D eigenvalue weighted by atomic mass is 19.1. The Bertz CT molecular complexity index is 1200. The van der Waals surface area contributed by atoms with Crippen molar-refractivity contribution in [2.75, 3.05) is 6.61 Å². The first-order valence-electron chi connectivity index (χ1n) is 10.4. The van der Waals surface area contributed by atoms with Crippen molar-refractivity contribution in [2.45, 2.75) is 37.3 Å². The zero-order chi connectivity index (χ0) is 21.8. The topological polar surface area (TPSA) is 72.4 Å². The molecule has 0 atom stereocenters. The SMILES string of the molecule is Cc1ccc(OCC(=O)NC23CC(NC(=O)c4cc5ccccc5n4C)(C2)C3)cc1F. The van der Waals surface area contributed by atoms with Crippen LogP contribution in [-0.4, -0.2) is 34.1 Å². The number of ether oxygens (including phenoxy) is 1. The fourth-order valence-corrected chi connectivity index (χ4v) is 5.01. The van der Waals surface area contributed by atoms with E-state index in [1.807, 2.05) is 41.9 Å². The molecule has 31 heavy (non-hydrogen) atoms. The maximum absolute atomic E-state index is 13.6. The number of para-hydroxylation sites is 1. The zero-order valence-corrected chi connectivity index (χ0v) is 17.5. The van der Waals surface area contributed by atoms with Gasteiger partial charge in [0.1, 0.15) is 17.3 Å². The van der Waals surface area contributed by atoms with Crippen LogP contribution in [0.4, 0.5) is 4.39 Å². The molecule has 2 amide bonds. The van der Waals surface area contributed by atoms with E-state index >= 15 is 0 Å². The molecule has 3 fully saturated rings. The van der Waals surface area contributed by atoms with Gasteiger partial charge in [0.15, 0.2) is 6.61 Å². The lowest BCUT2D eigenvalue weighted by molar-refractivity contribution is -0.141. The van der Waals surface area contributed by atoms with Crippen LogP contribution in [0, 0.1) is 12.7 Å². The molecule has 2 N–H and O–H groups in total. The molecule has 3 aliphatic rings. The van der Waals surface area contributed by atoms with Gasteiger partial charge < -0.3 is 19.9 Å². The third-order valence-electron chi connectivity index (χ3n) is 6.51. The standard InChI is InChI=1S/C24H24FN3O3/c1-15-7-8-17(10-18(15)25)31-11-21(29)26-23-12-24(13-23,14-23)27-22(30)20-9-16-5-3-4-6-19(16)28(20)2/h3-10H,11-14H2,1-2H3,(H,26,29)(H,27,30). The van der Waals surface area contributed by atoms with E-state index in [1.165, 1.54) is 6.07 Å². The number of carbonyl (C=O) groups excluding carboxylic acids is 2. The van der Waals surface area contributed by atoms with Crippen LogP contribution >= 0.6 is 0 Å². The van der Waals surface area contributed by atoms with Crippen LogP contribution in [-0.2, 0) is 11.8 Å². The Labute approximate surface area is 179 Å². The highest BCUT2D eigenvalue weighted by Crippen LogP contribution is 2.60. The van der Waals surface area contributed by atoms with Gasteiger partial charge in [0, 0.05) is 35.1 Å². The van der Waals surface area contributed by atoms with E-state index in [4.69, 9.17) is 4.74 Å². The van der Waals surface area contributed by atoms with Gasteiger partial charge in [-0.25, -0.2) is 4.39 Å². The van der Waals surface area contributed by atoms with Crippen molar-refractivity contribution in [3.05, 3.63) is 65.6 Å². The van der Waals surface area contributed by atoms with Crippen LogP contribution in [0.25, 0.3) is 10.9 Å². The summed E-state index contributed by atoms with van der Waals surface area (Å²) in [7, 11) is 1.89. The number of fused-ring (bicyclic) bond motifs is 1. The summed E-state index contributed by atoms with van der Waals surface area (Å²) < 4.78 is 20.9. The summed E-state index contributed by atoms with van der Waals surface area (Å²) in [5, 5.41) is 7.20. The maximum Gasteiger partial charge on any atom is 0.268 e. The van der Waals surface area contributed by atoms with Crippen molar-refractivity contribution in [2.24, 2.45) is 7.05 Å². The van der Waals surface area contributed by atoms with Crippen molar-refractivity contribution in [3.8, 4) is 5.75 Å². The Morgan fingerprint density at radius 1 is 1.06 bits per heavy atom. The molecule has 3 saturated carbocycles. The summed E-state index contributed by atoms with van der Waals surface area (Å²) in [6.07, 6.45) is 2.13. The molecular formula is C24H24FN3O3. The number of hydrogen-bond donors (Lipinski definition) is 2. The van der Waals surface area contributed by atoms with E-state index in [2.05, 4.69) is 10.6 Å². The van der Waals surface area contributed by atoms with Gasteiger partial charge in [-0.2, -0.15) is 0 Å². The van der Waals surface area contributed by atoms with Crippen molar-refractivity contribution < 1.29 is 18.7 Å². The zero-order valence-electron chi connectivity index (χ0n) is 17.5. The molecule has 3 aromatic rings. The Balaban J connectivity index is 1.14. The number of hydrogen-bond acceptors (Lipinski definition) is 3. The third-order valence-corrected chi connectivity index (χ3v) is 6.51. The monoisotopic (exact) mass is 421 g/mol. The summed E-state index contributed by atoms with van der Waals surface area (Å²) in [4.78, 5) is 25.1. The minimum Gasteiger partial charge on any atom is -0.484 e. The smallest absolute Gasteiger partial charge is 0.268 e. The van der Waals surface area contributed by atoms with Gasteiger partial charge in [-0.3, -0.25) is 9.59 Å². The van der Waals surface area contributed by atoms with E-state index in [9.17, 15) is 14.0 Å². The van der Waals surface area contributed by atoms with Gasteiger partial charge >= 0.3 is 0 Å². The average Bonchev–Trinajstić information content (AvgIpc) is 3.03. The molecule has 0 saturated heterocycles. The molecular weight excluding hydrogens is 397 g/mol. The molecule has 0 spiro atoms. The molecule has 0 radical (unpaired) electrons. The molecule has 1 aromatic heterocycles. The van der Waals surface area contributed by atoms with E-state index in [-0.39, 0.29) is 35.3 Å². The number of aryl methyl sites for hydroxylation is 2. The molecule has 3 aliphatic carbocycles. The Morgan fingerprint density at radius 3 is 2.48 bits per heavy atom. The van der Waals surface area contributed by atoms with Crippen LogP contribution in [0.3, 0.4) is 0 Å². The van der Waals surface area contributed by atoms with Crippen molar-refractivity contribution in [1.82, 2.24) is 15.2 Å². The normalized spacial score (nSPS) is 23.6. The van der Waals surface area contributed by atoms with Crippen LogP contribution in [0.2, 0.25) is 0 Å². The molecule has 160 valence electrons. The molecule has 2 aromatic carbocycles. The largest absolute Gasteiger partial charge is 0.484 e. The van der Waals surface area contributed by atoms with Crippen LogP contribution < -0.4 is 15.4 Å². The van der Waals surface area contributed by atoms with Crippen LogP contribution in [0.15, 0.2) is 48.5 Å². The lowest BCUT2D eigenvalue weighted by Gasteiger charge is -2.70. The lowest BCUT2D eigenvalue weighted by atomic mass is 9.44. The maximum atomic E-state index is 13.6. The number of aromatic nitrogens is 1. The molecule has 6 nitrogen and oxygen atoms in total. The van der Waals surface area contributed by atoms with Crippen molar-refractivity contribution in [1.29, 1.82) is 0 Å². The quantitative estimate of drug-likeness (QED) is 0.642. The molecule has 7 heteroatoms. The highest BCUT2D eigenvalue weighted by Gasteiger charge is 2.69. The number of nitrogens with zero attached hydrogens (tertiary/aromatic N) is 1. The first-order chi connectivity index (χ1) is 14.8. The van der Waals surface area contributed by atoms with Gasteiger partial charge in [-0.15, -0.1) is 0 Å². The second-order valence-corrected chi connectivity index (χ2v) is 8.94. The van der Waals surface area contributed by atoms with Crippen molar-refractivity contribution in [3.63, 3.8) is 0 Å². The second-order valence-electron chi connectivity index (χ2n) is 8.94. The summed E-state index contributed by atoms with van der Waals surface area (Å²) in [5.74, 6) is -0.368. The Morgan fingerprint density at radius 2 is 1.77 bits per heavy atom. The Kier molecular flexibility index (Phi) is 4.32. The lowest BCUT2D eigenvalue weighted by Crippen LogP contribution is -2.84. The number of carbonyl (C=O) groups is 2. The summed E-state index contributed by atoms with van der Waals surface area (Å²) in [5.41, 5.74) is 1.65. The third kappa shape index (κ3) is 3.34. The van der Waals surface area contributed by atoms with E-state index < -0.39 is 0 Å². The van der Waals surface area contributed by atoms with Gasteiger partial charge in [0.2, 0.25) is 0 Å². The number of benzene rings is 2. The molecule has 0 unspecified atom stereocenters. The highest BCUT2D eigenvalue weighted by molar-refractivity contribution is 5.99. The van der Waals surface area contributed by atoms with E-state index in [0.29, 0.717) is 36.3 Å². The first kappa shape index (κ1) is 19.6.